The third-order valence-corrected chi connectivity index (χ3v) is 8.45. The lowest BCUT2D eigenvalue weighted by Gasteiger charge is -2.12. The largest absolute Gasteiger partial charge is 0.309 e. The molecule has 0 fully saturated rings. The molecule has 7 aromatic carbocycles. The Kier molecular flexibility index (Phi) is 4.36. The van der Waals surface area contributed by atoms with E-state index in [2.05, 4.69) is 155 Å². The molecule has 0 unspecified atom stereocenters. The number of para-hydroxylation sites is 3. The molecule has 0 aliphatic rings. The lowest BCUT2D eigenvalue weighted by atomic mass is 10.0. The highest BCUT2D eigenvalue weighted by molar-refractivity contribution is 6.22. The molecule has 40 heavy (non-hydrogen) atoms. The Morgan fingerprint density at radius 3 is 1.77 bits per heavy atom. The molecule has 0 amide bonds. The summed E-state index contributed by atoms with van der Waals surface area (Å²) in [6.45, 7) is 0. The lowest BCUT2D eigenvalue weighted by molar-refractivity contribution is 1.18. The van der Waals surface area contributed by atoms with Gasteiger partial charge < -0.3 is 9.13 Å². The maximum atomic E-state index is 2.43. The van der Waals surface area contributed by atoms with E-state index in [-0.39, 0.29) is 0 Å². The number of hydrogen-bond donors (Lipinski definition) is 0. The van der Waals surface area contributed by atoms with Crippen molar-refractivity contribution in [1.29, 1.82) is 0 Å². The molecule has 2 nitrogen and oxygen atoms in total. The fourth-order valence-electron chi connectivity index (χ4n) is 6.69. The minimum Gasteiger partial charge on any atom is -0.309 e. The van der Waals surface area contributed by atoms with Gasteiger partial charge in [-0.25, -0.2) is 0 Å². The minimum absolute atomic E-state index is 1.18. The van der Waals surface area contributed by atoms with Gasteiger partial charge in [0.25, 0.3) is 0 Å². The highest BCUT2D eigenvalue weighted by Gasteiger charge is 2.18. The molecule has 0 saturated carbocycles. The van der Waals surface area contributed by atoms with Crippen LogP contribution in [-0.2, 0) is 0 Å². The van der Waals surface area contributed by atoms with Crippen LogP contribution in [0.4, 0.5) is 0 Å². The van der Waals surface area contributed by atoms with Gasteiger partial charge in [-0.05, 0) is 64.7 Å². The normalized spacial score (nSPS) is 12.0. The van der Waals surface area contributed by atoms with Crippen LogP contribution in [0.2, 0.25) is 0 Å². The highest BCUT2D eigenvalue weighted by atomic mass is 15.0. The predicted octanol–water partition coefficient (Wildman–Crippen LogP) is 10.2. The van der Waals surface area contributed by atoms with E-state index in [1.54, 1.807) is 0 Å². The van der Waals surface area contributed by atoms with E-state index in [1.165, 1.54) is 76.5 Å². The van der Waals surface area contributed by atoms with Crippen molar-refractivity contribution in [1.82, 2.24) is 9.13 Å². The fourth-order valence-corrected chi connectivity index (χ4v) is 6.69. The van der Waals surface area contributed by atoms with Crippen molar-refractivity contribution in [2.75, 3.05) is 0 Å². The SMILES string of the molecule is c1ccc(-n2c3ccccc3c3ccc4cc5c(cc4c32)c2ccccc2n5-c2ccc3ccccc3c2)cc1. The number of fused-ring (bicyclic) bond motifs is 9. The molecule has 2 aromatic heterocycles. The summed E-state index contributed by atoms with van der Waals surface area (Å²) < 4.78 is 4.86. The van der Waals surface area contributed by atoms with Gasteiger partial charge in [-0.1, -0.05) is 97.1 Å². The van der Waals surface area contributed by atoms with E-state index in [9.17, 15) is 0 Å². The van der Waals surface area contributed by atoms with Crippen molar-refractivity contribution in [2.45, 2.75) is 0 Å². The van der Waals surface area contributed by atoms with Gasteiger partial charge in [0.15, 0.2) is 0 Å². The lowest BCUT2D eigenvalue weighted by Crippen LogP contribution is -1.95. The number of aromatic nitrogens is 2. The molecule has 9 rings (SSSR count). The summed E-state index contributed by atoms with van der Waals surface area (Å²) in [6.07, 6.45) is 0. The average molecular weight is 509 g/mol. The van der Waals surface area contributed by atoms with Crippen LogP contribution in [0.1, 0.15) is 0 Å². The first-order valence-corrected chi connectivity index (χ1v) is 13.8. The van der Waals surface area contributed by atoms with Crippen LogP contribution in [0.25, 0.3) is 76.5 Å². The van der Waals surface area contributed by atoms with E-state index in [4.69, 9.17) is 0 Å². The fraction of sp³-hybridized carbons (Fsp3) is 0. The first-order valence-electron chi connectivity index (χ1n) is 13.8. The monoisotopic (exact) mass is 508 g/mol. The predicted molar refractivity (Wildman–Crippen MR) is 170 cm³/mol. The van der Waals surface area contributed by atoms with Gasteiger partial charge in [0, 0.05) is 38.3 Å². The second-order valence-corrected chi connectivity index (χ2v) is 10.6. The van der Waals surface area contributed by atoms with Gasteiger partial charge in [-0.2, -0.15) is 0 Å². The van der Waals surface area contributed by atoms with Crippen LogP contribution in [0, 0.1) is 0 Å². The Bertz CT molecular complexity index is 2420. The van der Waals surface area contributed by atoms with Crippen molar-refractivity contribution in [2.24, 2.45) is 0 Å². The van der Waals surface area contributed by atoms with Crippen molar-refractivity contribution in [3.05, 3.63) is 146 Å². The second kappa shape index (κ2) is 8.08. The first kappa shape index (κ1) is 21.6. The van der Waals surface area contributed by atoms with E-state index in [0.717, 1.165) is 0 Å². The topological polar surface area (TPSA) is 9.86 Å². The summed E-state index contributed by atoms with van der Waals surface area (Å²) >= 11 is 0. The summed E-state index contributed by atoms with van der Waals surface area (Å²) in [7, 11) is 0. The Hall–Kier alpha value is -5.34. The quantitative estimate of drug-likeness (QED) is 0.220. The Balaban J connectivity index is 1.44. The molecule has 0 spiro atoms. The zero-order chi connectivity index (χ0) is 26.2. The first-order chi connectivity index (χ1) is 19.8. The van der Waals surface area contributed by atoms with Crippen LogP contribution in [0.5, 0.6) is 0 Å². The van der Waals surface area contributed by atoms with Gasteiger partial charge in [0.1, 0.15) is 0 Å². The summed E-state index contributed by atoms with van der Waals surface area (Å²) in [6, 6.07) is 53.0. The zero-order valence-electron chi connectivity index (χ0n) is 21.8. The number of nitrogens with zero attached hydrogens (tertiary/aromatic N) is 2. The smallest absolute Gasteiger partial charge is 0.0619 e. The number of rotatable bonds is 2. The Morgan fingerprint density at radius 2 is 0.950 bits per heavy atom. The van der Waals surface area contributed by atoms with Crippen LogP contribution >= 0.6 is 0 Å². The molecule has 0 bridgehead atoms. The maximum absolute atomic E-state index is 2.43. The number of benzene rings is 7. The summed E-state index contributed by atoms with van der Waals surface area (Å²) in [4.78, 5) is 0. The van der Waals surface area contributed by atoms with Crippen molar-refractivity contribution >= 4 is 65.2 Å². The summed E-state index contributed by atoms with van der Waals surface area (Å²) in [5.74, 6) is 0. The average Bonchev–Trinajstić information content (AvgIpc) is 3.53. The van der Waals surface area contributed by atoms with Gasteiger partial charge in [0.05, 0.1) is 22.1 Å². The third-order valence-electron chi connectivity index (χ3n) is 8.45. The molecule has 2 heterocycles. The molecule has 0 atom stereocenters. The highest BCUT2D eigenvalue weighted by Crippen LogP contribution is 2.40. The molecular formula is C38H24N2. The molecular weight excluding hydrogens is 484 g/mol. The van der Waals surface area contributed by atoms with Gasteiger partial charge in [0.2, 0.25) is 0 Å². The zero-order valence-corrected chi connectivity index (χ0v) is 21.8. The molecule has 2 heteroatoms. The second-order valence-electron chi connectivity index (χ2n) is 10.6. The molecule has 0 saturated heterocycles. The van der Waals surface area contributed by atoms with Gasteiger partial charge in [-0.3, -0.25) is 0 Å². The molecule has 0 radical (unpaired) electrons. The molecule has 0 N–H and O–H groups in total. The van der Waals surface area contributed by atoms with E-state index < -0.39 is 0 Å². The van der Waals surface area contributed by atoms with E-state index >= 15 is 0 Å². The standard InChI is InChI=1S/C38H24N2/c1-2-12-28(13-3-1)40-36-17-9-6-14-30(36)32-21-19-27-23-37-34(24-33(27)38(32)40)31-15-7-8-16-35(31)39(37)29-20-18-25-10-4-5-11-26(25)22-29/h1-24H. The number of hydrogen-bond acceptors (Lipinski definition) is 0. The molecule has 186 valence electrons. The molecule has 9 aromatic rings. The Labute approximate surface area is 230 Å². The van der Waals surface area contributed by atoms with Crippen molar-refractivity contribution < 1.29 is 0 Å². The minimum atomic E-state index is 1.18. The van der Waals surface area contributed by atoms with Gasteiger partial charge in [-0.15, -0.1) is 0 Å². The van der Waals surface area contributed by atoms with E-state index in [1.807, 2.05) is 0 Å². The van der Waals surface area contributed by atoms with E-state index in [0.29, 0.717) is 0 Å². The van der Waals surface area contributed by atoms with Crippen LogP contribution in [-0.4, -0.2) is 9.13 Å². The van der Waals surface area contributed by atoms with Crippen molar-refractivity contribution in [3.63, 3.8) is 0 Å². The molecule has 0 aliphatic heterocycles. The maximum Gasteiger partial charge on any atom is 0.0619 e. The third kappa shape index (κ3) is 2.93. The molecule has 0 aliphatic carbocycles. The van der Waals surface area contributed by atoms with Gasteiger partial charge >= 0.3 is 0 Å². The summed E-state index contributed by atoms with van der Waals surface area (Å²) in [5, 5.41) is 10.1. The van der Waals surface area contributed by atoms with Crippen LogP contribution < -0.4 is 0 Å². The Morgan fingerprint density at radius 1 is 0.300 bits per heavy atom. The van der Waals surface area contributed by atoms with Crippen LogP contribution in [0.15, 0.2) is 146 Å². The van der Waals surface area contributed by atoms with Crippen LogP contribution in [0.3, 0.4) is 0 Å². The van der Waals surface area contributed by atoms with Crippen molar-refractivity contribution in [3.8, 4) is 11.4 Å². The summed E-state index contributed by atoms with van der Waals surface area (Å²) in [5.41, 5.74) is 7.31.